The highest BCUT2D eigenvalue weighted by Gasteiger charge is 2.16. The maximum Gasteiger partial charge on any atom is 0.337 e. The molecule has 0 amide bonds. The summed E-state index contributed by atoms with van der Waals surface area (Å²) in [4.78, 5) is 11.5. The summed E-state index contributed by atoms with van der Waals surface area (Å²) >= 11 is 0. The molecule has 0 saturated carbocycles. The largest absolute Gasteiger partial charge is 0.497 e. The molecule has 0 heterocycles. The van der Waals surface area contributed by atoms with Gasteiger partial charge in [-0.05, 0) is 35.9 Å². The second-order valence-corrected chi connectivity index (χ2v) is 6.46. The number of carbonyl (C=O) groups excluding carboxylic acids is 1. The number of ether oxygens (including phenoxy) is 2. The molecule has 0 aliphatic rings. The van der Waals surface area contributed by atoms with Crippen LogP contribution < -0.4 is 9.46 Å². The Bertz CT molecular complexity index is 784. The van der Waals surface area contributed by atoms with Gasteiger partial charge < -0.3 is 9.47 Å². The lowest BCUT2D eigenvalue weighted by Crippen LogP contribution is -2.23. The van der Waals surface area contributed by atoms with Crippen LogP contribution in [0.1, 0.15) is 15.9 Å². The van der Waals surface area contributed by atoms with Gasteiger partial charge in [-0.25, -0.2) is 17.9 Å². The number of rotatable bonds is 6. The van der Waals surface area contributed by atoms with Crippen molar-refractivity contribution < 1.29 is 22.7 Å². The van der Waals surface area contributed by atoms with E-state index in [4.69, 9.17) is 4.74 Å². The molecule has 0 aliphatic heterocycles. The lowest BCUT2D eigenvalue weighted by molar-refractivity contribution is 0.0600. The maximum absolute atomic E-state index is 12.3. The molecule has 2 aromatic rings. The van der Waals surface area contributed by atoms with Gasteiger partial charge in [0.2, 0.25) is 10.0 Å². The number of sulfonamides is 1. The molecular weight excluding hydrogens is 318 g/mol. The van der Waals surface area contributed by atoms with Gasteiger partial charge >= 0.3 is 5.97 Å². The summed E-state index contributed by atoms with van der Waals surface area (Å²) in [5.41, 5.74) is 0.971. The number of hydrogen-bond donors (Lipinski definition) is 1. The van der Waals surface area contributed by atoms with E-state index < -0.39 is 16.0 Å². The van der Waals surface area contributed by atoms with Crippen LogP contribution in [0.5, 0.6) is 5.75 Å². The van der Waals surface area contributed by atoms with Crippen LogP contribution in [0.4, 0.5) is 0 Å². The Morgan fingerprint density at radius 1 is 1.09 bits per heavy atom. The summed E-state index contributed by atoms with van der Waals surface area (Å²) in [5, 5.41) is 0. The van der Waals surface area contributed by atoms with E-state index in [1.807, 2.05) is 0 Å². The van der Waals surface area contributed by atoms with Crippen LogP contribution in [0, 0.1) is 0 Å². The second-order valence-electron chi connectivity index (χ2n) is 4.69. The first-order valence-corrected chi connectivity index (χ1v) is 8.25. The van der Waals surface area contributed by atoms with Crippen LogP contribution in [0.15, 0.2) is 53.4 Å². The number of benzene rings is 2. The monoisotopic (exact) mass is 335 g/mol. The fourth-order valence-electron chi connectivity index (χ4n) is 1.91. The molecule has 0 spiro atoms. The quantitative estimate of drug-likeness (QED) is 0.816. The van der Waals surface area contributed by atoms with E-state index in [9.17, 15) is 13.2 Å². The van der Waals surface area contributed by atoms with Crippen LogP contribution >= 0.6 is 0 Å². The third kappa shape index (κ3) is 4.30. The highest BCUT2D eigenvalue weighted by molar-refractivity contribution is 7.89. The second kappa shape index (κ2) is 7.26. The molecule has 0 unspecified atom stereocenters. The van der Waals surface area contributed by atoms with E-state index in [0.717, 1.165) is 5.56 Å². The van der Waals surface area contributed by atoms with Crippen LogP contribution in [0.25, 0.3) is 0 Å². The van der Waals surface area contributed by atoms with E-state index in [1.54, 1.807) is 31.4 Å². The number of nitrogens with one attached hydrogen (secondary N) is 1. The molecule has 0 aromatic heterocycles. The molecule has 0 bridgehead atoms. The van der Waals surface area contributed by atoms with Gasteiger partial charge in [-0.2, -0.15) is 0 Å². The minimum absolute atomic E-state index is 0.00825. The van der Waals surface area contributed by atoms with Gasteiger partial charge in [0.25, 0.3) is 0 Å². The predicted molar refractivity (Wildman–Crippen MR) is 84.8 cm³/mol. The first kappa shape index (κ1) is 17.0. The Balaban J connectivity index is 2.13. The van der Waals surface area contributed by atoms with Crippen LogP contribution in [-0.2, 0) is 21.3 Å². The molecular formula is C16H17NO5S. The average molecular weight is 335 g/mol. The molecule has 2 aromatic carbocycles. The summed E-state index contributed by atoms with van der Waals surface area (Å²) in [6.07, 6.45) is 0. The number of carbonyl (C=O) groups is 1. The normalized spacial score (nSPS) is 11.0. The Hall–Kier alpha value is -2.38. The van der Waals surface area contributed by atoms with Crippen molar-refractivity contribution in [1.29, 1.82) is 0 Å². The first-order chi connectivity index (χ1) is 11.0. The van der Waals surface area contributed by atoms with Gasteiger partial charge in [-0.3, -0.25) is 0 Å². The van der Waals surface area contributed by atoms with E-state index in [-0.39, 0.29) is 17.0 Å². The summed E-state index contributed by atoms with van der Waals surface area (Å²) in [5.74, 6) is 0.111. The van der Waals surface area contributed by atoms with Gasteiger partial charge in [0, 0.05) is 6.54 Å². The first-order valence-electron chi connectivity index (χ1n) is 6.77. The molecule has 6 nitrogen and oxygen atoms in total. The molecule has 1 N–H and O–H groups in total. The van der Waals surface area contributed by atoms with Crippen LogP contribution in [0.2, 0.25) is 0 Å². The van der Waals surface area contributed by atoms with Gasteiger partial charge in [0.15, 0.2) is 0 Å². The fraction of sp³-hybridized carbons (Fsp3) is 0.188. The molecule has 0 fully saturated rings. The minimum Gasteiger partial charge on any atom is -0.497 e. The zero-order valence-electron chi connectivity index (χ0n) is 12.8. The summed E-state index contributed by atoms with van der Waals surface area (Å²) < 4.78 is 36.7. The molecule has 0 aliphatic carbocycles. The van der Waals surface area contributed by atoms with Crippen molar-refractivity contribution in [1.82, 2.24) is 4.72 Å². The number of methoxy groups -OCH3 is 2. The van der Waals surface area contributed by atoms with Gasteiger partial charge in [-0.15, -0.1) is 0 Å². The third-order valence-electron chi connectivity index (χ3n) is 3.19. The van der Waals surface area contributed by atoms with Gasteiger partial charge in [0.05, 0.1) is 24.7 Å². The van der Waals surface area contributed by atoms with E-state index in [2.05, 4.69) is 9.46 Å². The van der Waals surface area contributed by atoms with Crippen molar-refractivity contribution in [3.05, 3.63) is 59.7 Å². The Labute approximate surface area is 135 Å². The van der Waals surface area contributed by atoms with Gasteiger partial charge in [-0.1, -0.05) is 18.2 Å². The van der Waals surface area contributed by atoms with E-state index >= 15 is 0 Å². The highest BCUT2D eigenvalue weighted by Crippen LogP contribution is 2.14. The summed E-state index contributed by atoms with van der Waals surface area (Å²) in [6.45, 7) is 0.134. The summed E-state index contributed by atoms with van der Waals surface area (Å²) in [7, 11) is -0.924. The van der Waals surface area contributed by atoms with Crippen LogP contribution in [0.3, 0.4) is 0 Å². The fourth-order valence-corrected chi connectivity index (χ4v) is 2.98. The molecule has 122 valence electrons. The average Bonchev–Trinajstić information content (AvgIpc) is 2.60. The van der Waals surface area contributed by atoms with Crippen molar-refractivity contribution in [3.8, 4) is 5.75 Å². The van der Waals surface area contributed by atoms with E-state index in [0.29, 0.717) is 5.75 Å². The molecule has 2 rings (SSSR count). The van der Waals surface area contributed by atoms with Crippen molar-refractivity contribution in [3.63, 3.8) is 0 Å². The van der Waals surface area contributed by atoms with Crippen molar-refractivity contribution in [2.75, 3.05) is 14.2 Å². The Morgan fingerprint density at radius 2 is 1.78 bits per heavy atom. The summed E-state index contributed by atoms with van der Waals surface area (Å²) in [6, 6.07) is 12.7. The predicted octanol–water partition coefficient (Wildman–Crippen LogP) is 1.96. The van der Waals surface area contributed by atoms with Crippen molar-refractivity contribution in [2.24, 2.45) is 0 Å². The molecule has 0 saturated heterocycles. The van der Waals surface area contributed by atoms with Gasteiger partial charge in [0.1, 0.15) is 5.75 Å². The molecule has 7 heteroatoms. The van der Waals surface area contributed by atoms with E-state index in [1.165, 1.54) is 31.4 Å². The number of hydrogen-bond acceptors (Lipinski definition) is 5. The topological polar surface area (TPSA) is 81.7 Å². The van der Waals surface area contributed by atoms with Crippen molar-refractivity contribution in [2.45, 2.75) is 11.4 Å². The molecule has 23 heavy (non-hydrogen) atoms. The lowest BCUT2D eigenvalue weighted by atomic mass is 10.2. The smallest absolute Gasteiger partial charge is 0.337 e. The maximum atomic E-state index is 12.3. The lowest BCUT2D eigenvalue weighted by Gasteiger charge is -2.08. The zero-order valence-corrected chi connectivity index (χ0v) is 13.6. The zero-order chi connectivity index (χ0) is 16.9. The third-order valence-corrected chi connectivity index (χ3v) is 4.59. The highest BCUT2D eigenvalue weighted by atomic mass is 32.2. The Morgan fingerprint density at radius 3 is 2.39 bits per heavy atom. The standard InChI is InChI=1S/C16H17NO5S/c1-21-14-8-6-12(7-9-14)11-17-23(19,20)15-5-3-4-13(10-15)16(18)22-2/h3-10,17H,11H2,1-2H3. The van der Waals surface area contributed by atoms with Crippen molar-refractivity contribution >= 4 is 16.0 Å². The molecule has 0 radical (unpaired) electrons. The molecule has 0 atom stereocenters. The number of esters is 1. The Kier molecular flexibility index (Phi) is 5.36. The SMILES string of the molecule is COC(=O)c1cccc(S(=O)(=O)NCc2ccc(OC)cc2)c1. The van der Waals surface area contributed by atoms with Crippen LogP contribution in [-0.4, -0.2) is 28.6 Å². The minimum atomic E-state index is -3.73.